The van der Waals surface area contributed by atoms with E-state index in [0.717, 1.165) is 29.1 Å². The Kier molecular flexibility index (Phi) is 6.01. The SMILES string of the molecule is Cc1cc(CNC(=O)NCCC(C)C)c(C)n1-c1ccc(F)cc1. The van der Waals surface area contributed by atoms with Gasteiger partial charge >= 0.3 is 6.03 Å². The summed E-state index contributed by atoms with van der Waals surface area (Å²) in [5, 5.41) is 5.76. The monoisotopic (exact) mass is 331 g/mol. The zero-order chi connectivity index (χ0) is 17.7. The predicted molar refractivity (Wildman–Crippen MR) is 94.9 cm³/mol. The largest absolute Gasteiger partial charge is 0.338 e. The highest BCUT2D eigenvalue weighted by atomic mass is 19.1. The molecule has 0 atom stereocenters. The first-order chi connectivity index (χ1) is 11.4. The average molecular weight is 331 g/mol. The summed E-state index contributed by atoms with van der Waals surface area (Å²) in [5.74, 6) is 0.320. The highest BCUT2D eigenvalue weighted by Gasteiger charge is 2.11. The summed E-state index contributed by atoms with van der Waals surface area (Å²) in [7, 11) is 0. The topological polar surface area (TPSA) is 46.1 Å². The summed E-state index contributed by atoms with van der Waals surface area (Å²) in [6.45, 7) is 9.41. The van der Waals surface area contributed by atoms with Gasteiger partial charge in [-0.2, -0.15) is 0 Å². The van der Waals surface area contributed by atoms with Crippen molar-refractivity contribution in [3.63, 3.8) is 0 Å². The summed E-state index contributed by atoms with van der Waals surface area (Å²) in [6.07, 6.45) is 0.965. The van der Waals surface area contributed by atoms with Crippen LogP contribution in [0.5, 0.6) is 0 Å². The van der Waals surface area contributed by atoms with Crippen LogP contribution in [0.4, 0.5) is 9.18 Å². The second-order valence-electron chi connectivity index (χ2n) is 6.50. The van der Waals surface area contributed by atoms with E-state index in [1.165, 1.54) is 12.1 Å². The molecule has 130 valence electrons. The number of hydrogen-bond acceptors (Lipinski definition) is 1. The predicted octanol–water partition coefficient (Wildman–Crippen LogP) is 4.08. The number of carbonyl (C=O) groups excluding carboxylic acids is 1. The molecule has 2 amide bonds. The molecule has 0 bridgehead atoms. The molecule has 0 fully saturated rings. The van der Waals surface area contributed by atoms with Gasteiger partial charge in [0, 0.05) is 30.2 Å². The number of aromatic nitrogens is 1. The fourth-order valence-electron chi connectivity index (χ4n) is 2.71. The molecule has 0 spiro atoms. The number of carbonyl (C=O) groups is 1. The van der Waals surface area contributed by atoms with Crippen molar-refractivity contribution in [1.82, 2.24) is 15.2 Å². The number of rotatable bonds is 6. The number of amides is 2. The molecule has 1 aromatic heterocycles. The van der Waals surface area contributed by atoms with E-state index in [4.69, 9.17) is 0 Å². The highest BCUT2D eigenvalue weighted by molar-refractivity contribution is 5.73. The van der Waals surface area contributed by atoms with Gasteiger partial charge < -0.3 is 15.2 Å². The first kappa shape index (κ1) is 18.0. The summed E-state index contributed by atoms with van der Waals surface area (Å²) < 4.78 is 15.2. The maximum atomic E-state index is 13.1. The maximum Gasteiger partial charge on any atom is 0.315 e. The van der Waals surface area contributed by atoms with Crippen molar-refractivity contribution in [1.29, 1.82) is 0 Å². The number of halogens is 1. The summed E-state index contributed by atoms with van der Waals surface area (Å²) >= 11 is 0. The fourth-order valence-corrected chi connectivity index (χ4v) is 2.71. The lowest BCUT2D eigenvalue weighted by molar-refractivity contribution is 0.240. The molecular weight excluding hydrogens is 305 g/mol. The van der Waals surface area contributed by atoms with E-state index in [2.05, 4.69) is 29.0 Å². The lowest BCUT2D eigenvalue weighted by Crippen LogP contribution is -2.36. The number of hydrogen-bond donors (Lipinski definition) is 2. The molecule has 5 heteroatoms. The van der Waals surface area contributed by atoms with Gasteiger partial charge in [-0.15, -0.1) is 0 Å². The van der Waals surface area contributed by atoms with E-state index in [1.807, 2.05) is 19.9 Å². The van der Waals surface area contributed by atoms with E-state index < -0.39 is 0 Å². The third-order valence-corrected chi connectivity index (χ3v) is 4.07. The minimum atomic E-state index is -0.249. The van der Waals surface area contributed by atoms with Gasteiger partial charge in [-0.25, -0.2) is 9.18 Å². The van der Waals surface area contributed by atoms with Crippen LogP contribution in [-0.4, -0.2) is 17.1 Å². The van der Waals surface area contributed by atoms with Gasteiger partial charge in [-0.05, 0) is 62.1 Å². The standard InChI is InChI=1S/C19H26FN3O/c1-13(2)9-10-21-19(24)22-12-16-11-14(3)23(15(16)4)18-7-5-17(20)6-8-18/h5-8,11,13H,9-10,12H2,1-4H3,(H2,21,22,24). The van der Waals surface area contributed by atoms with Gasteiger partial charge in [-0.3, -0.25) is 0 Å². The minimum Gasteiger partial charge on any atom is -0.338 e. The number of urea groups is 1. The second kappa shape index (κ2) is 7.99. The zero-order valence-corrected chi connectivity index (χ0v) is 14.8. The van der Waals surface area contributed by atoms with Crippen molar-refractivity contribution in [2.75, 3.05) is 6.54 Å². The molecule has 4 nitrogen and oxygen atoms in total. The molecule has 0 unspecified atom stereocenters. The minimum absolute atomic E-state index is 0.151. The van der Waals surface area contributed by atoms with Crippen LogP contribution in [0.25, 0.3) is 5.69 Å². The van der Waals surface area contributed by atoms with Crippen LogP contribution < -0.4 is 10.6 Å². The van der Waals surface area contributed by atoms with Crippen LogP contribution in [0, 0.1) is 25.6 Å². The Morgan fingerprint density at radius 3 is 2.46 bits per heavy atom. The van der Waals surface area contributed by atoms with E-state index in [0.29, 0.717) is 19.0 Å². The Hall–Kier alpha value is -2.30. The van der Waals surface area contributed by atoms with Gasteiger partial charge in [-0.1, -0.05) is 13.8 Å². The van der Waals surface area contributed by atoms with Crippen LogP contribution in [0.15, 0.2) is 30.3 Å². The molecular formula is C19H26FN3O. The van der Waals surface area contributed by atoms with Gasteiger partial charge in [0.2, 0.25) is 0 Å². The third kappa shape index (κ3) is 4.60. The molecule has 2 aromatic rings. The number of aryl methyl sites for hydroxylation is 1. The molecule has 0 saturated carbocycles. The Morgan fingerprint density at radius 2 is 1.83 bits per heavy atom. The summed E-state index contributed by atoms with van der Waals surface area (Å²) in [4.78, 5) is 11.8. The molecule has 24 heavy (non-hydrogen) atoms. The third-order valence-electron chi connectivity index (χ3n) is 4.07. The molecule has 1 aromatic carbocycles. The van der Waals surface area contributed by atoms with Gasteiger partial charge in [0.05, 0.1) is 0 Å². The first-order valence-electron chi connectivity index (χ1n) is 8.34. The maximum absolute atomic E-state index is 13.1. The molecule has 0 aliphatic rings. The molecule has 0 aliphatic carbocycles. The number of nitrogens with one attached hydrogen (secondary N) is 2. The van der Waals surface area contributed by atoms with Gasteiger partial charge in [0.1, 0.15) is 5.82 Å². The van der Waals surface area contributed by atoms with Crippen LogP contribution in [-0.2, 0) is 6.54 Å². The summed E-state index contributed by atoms with van der Waals surface area (Å²) in [5.41, 5.74) is 4.06. The lowest BCUT2D eigenvalue weighted by Gasteiger charge is -2.11. The van der Waals surface area contributed by atoms with Crippen molar-refractivity contribution >= 4 is 6.03 Å². The molecule has 1 heterocycles. The van der Waals surface area contributed by atoms with Crippen LogP contribution in [0.2, 0.25) is 0 Å². The van der Waals surface area contributed by atoms with Crippen molar-refractivity contribution in [2.45, 2.75) is 40.7 Å². The molecule has 0 aliphatic heterocycles. The van der Waals surface area contributed by atoms with Gasteiger partial charge in [0.25, 0.3) is 0 Å². The fraction of sp³-hybridized carbons (Fsp3) is 0.421. The summed E-state index contributed by atoms with van der Waals surface area (Å²) in [6, 6.07) is 8.31. The van der Waals surface area contributed by atoms with Crippen molar-refractivity contribution < 1.29 is 9.18 Å². The first-order valence-corrected chi connectivity index (χ1v) is 8.34. The molecule has 2 rings (SSSR count). The highest BCUT2D eigenvalue weighted by Crippen LogP contribution is 2.21. The van der Waals surface area contributed by atoms with Crippen molar-refractivity contribution in [3.8, 4) is 5.69 Å². The van der Waals surface area contributed by atoms with E-state index in [-0.39, 0.29) is 11.8 Å². The van der Waals surface area contributed by atoms with Crippen LogP contribution in [0.1, 0.15) is 37.2 Å². The smallest absolute Gasteiger partial charge is 0.315 e. The van der Waals surface area contributed by atoms with Gasteiger partial charge in [0.15, 0.2) is 0 Å². The normalized spacial score (nSPS) is 10.9. The zero-order valence-electron chi connectivity index (χ0n) is 14.8. The Labute approximate surface area is 143 Å². The van der Waals surface area contributed by atoms with E-state index in [9.17, 15) is 9.18 Å². The lowest BCUT2D eigenvalue weighted by atomic mass is 10.1. The van der Waals surface area contributed by atoms with E-state index >= 15 is 0 Å². The van der Waals surface area contributed by atoms with Crippen molar-refractivity contribution in [3.05, 3.63) is 53.1 Å². The second-order valence-corrected chi connectivity index (χ2v) is 6.50. The Morgan fingerprint density at radius 1 is 1.17 bits per heavy atom. The molecule has 2 N–H and O–H groups in total. The van der Waals surface area contributed by atoms with Crippen LogP contribution >= 0.6 is 0 Å². The number of benzene rings is 1. The molecule has 0 radical (unpaired) electrons. The number of nitrogens with zero attached hydrogens (tertiary/aromatic N) is 1. The Balaban J connectivity index is 2.01. The average Bonchev–Trinajstić information content (AvgIpc) is 2.80. The van der Waals surface area contributed by atoms with E-state index in [1.54, 1.807) is 12.1 Å². The Bertz CT molecular complexity index is 689. The van der Waals surface area contributed by atoms with Crippen LogP contribution in [0.3, 0.4) is 0 Å². The molecule has 0 saturated heterocycles. The van der Waals surface area contributed by atoms with Crippen molar-refractivity contribution in [2.24, 2.45) is 5.92 Å². The quantitative estimate of drug-likeness (QED) is 0.823.